The van der Waals surface area contributed by atoms with E-state index in [4.69, 9.17) is 4.42 Å². The van der Waals surface area contributed by atoms with E-state index in [1.165, 1.54) is 19.1 Å². The predicted octanol–water partition coefficient (Wildman–Crippen LogP) is 3.29. The zero-order valence-corrected chi connectivity index (χ0v) is 14.5. The summed E-state index contributed by atoms with van der Waals surface area (Å²) in [7, 11) is 0. The molecule has 0 unspecified atom stereocenters. The van der Waals surface area contributed by atoms with Gasteiger partial charge in [0.15, 0.2) is 11.5 Å². The van der Waals surface area contributed by atoms with Crippen molar-refractivity contribution in [1.29, 1.82) is 0 Å². The number of benzene rings is 1. The van der Waals surface area contributed by atoms with E-state index in [0.29, 0.717) is 11.6 Å². The number of hydrogen-bond acceptors (Lipinski definition) is 6. The number of aromatic nitrogens is 3. The Balaban J connectivity index is 1.47. The van der Waals surface area contributed by atoms with Crippen molar-refractivity contribution in [2.24, 2.45) is 0 Å². The minimum Gasteiger partial charge on any atom is -0.445 e. The summed E-state index contributed by atoms with van der Waals surface area (Å²) in [6.45, 7) is 3.91. The second kappa shape index (κ2) is 6.95. The Bertz CT molecular complexity index is 900. The molecule has 1 saturated heterocycles. The average molecular weight is 349 g/mol. The summed E-state index contributed by atoms with van der Waals surface area (Å²) in [5.74, 6) is 1.09. The zero-order valence-electron chi connectivity index (χ0n) is 14.5. The van der Waals surface area contributed by atoms with Crippen molar-refractivity contribution in [1.82, 2.24) is 15.2 Å². The van der Waals surface area contributed by atoms with Crippen molar-refractivity contribution in [3.05, 3.63) is 54.0 Å². The summed E-state index contributed by atoms with van der Waals surface area (Å²) in [4.78, 5) is 18.8. The highest BCUT2D eigenvalue weighted by Gasteiger charge is 2.16. The maximum atomic E-state index is 12.5. The molecule has 3 heterocycles. The summed E-state index contributed by atoms with van der Waals surface area (Å²) in [5, 5.41) is 11.1. The van der Waals surface area contributed by atoms with Gasteiger partial charge in [0, 0.05) is 24.3 Å². The fraction of sp³-hybridized carbons (Fsp3) is 0.263. The van der Waals surface area contributed by atoms with Crippen LogP contribution in [-0.4, -0.2) is 34.2 Å². The van der Waals surface area contributed by atoms with Crippen molar-refractivity contribution in [2.45, 2.75) is 19.8 Å². The minimum absolute atomic E-state index is 0.280. The van der Waals surface area contributed by atoms with Crippen LogP contribution < -0.4 is 10.2 Å². The third kappa shape index (κ3) is 3.28. The standard InChI is InChI=1S/C19H19N5O2/c1-13-12-14(19-20-8-11-26-19)4-5-15(13)21-18(25)16-6-7-17(23-22-16)24-9-2-3-10-24/h4-8,11-12H,2-3,9-10H2,1H3,(H,21,25). The molecule has 7 heteroatoms. The molecule has 26 heavy (non-hydrogen) atoms. The molecule has 1 aromatic carbocycles. The molecular formula is C19H19N5O2. The molecule has 1 amide bonds. The number of oxazole rings is 1. The number of rotatable bonds is 4. The van der Waals surface area contributed by atoms with Crippen LogP contribution in [0.2, 0.25) is 0 Å². The Labute approximate surface area is 151 Å². The van der Waals surface area contributed by atoms with Gasteiger partial charge in [0.1, 0.15) is 6.26 Å². The lowest BCUT2D eigenvalue weighted by atomic mass is 10.1. The normalized spacial score (nSPS) is 13.8. The van der Waals surface area contributed by atoms with E-state index in [1.54, 1.807) is 12.3 Å². The molecule has 7 nitrogen and oxygen atoms in total. The van der Waals surface area contributed by atoms with Gasteiger partial charge in [-0.25, -0.2) is 4.98 Å². The number of nitrogens with zero attached hydrogens (tertiary/aromatic N) is 4. The van der Waals surface area contributed by atoms with E-state index in [9.17, 15) is 4.79 Å². The van der Waals surface area contributed by atoms with Crippen LogP contribution in [0.5, 0.6) is 0 Å². The fourth-order valence-corrected chi connectivity index (χ4v) is 3.05. The fourth-order valence-electron chi connectivity index (χ4n) is 3.05. The van der Waals surface area contributed by atoms with Crippen LogP contribution >= 0.6 is 0 Å². The number of anilines is 2. The first kappa shape index (κ1) is 16.3. The first-order valence-electron chi connectivity index (χ1n) is 8.61. The number of carbonyl (C=O) groups is 1. The number of nitrogens with one attached hydrogen (secondary N) is 1. The van der Waals surface area contributed by atoms with Crippen LogP contribution in [0.3, 0.4) is 0 Å². The molecule has 0 bridgehead atoms. The predicted molar refractivity (Wildman–Crippen MR) is 98.1 cm³/mol. The van der Waals surface area contributed by atoms with Gasteiger partial charge >= 0.3 is 0 Å². The lowest BCUT2D eigenvalue weighted by molar-refractivity contribution is 0.102. The number of carbonyl (C=O) groups excluding carboxylic acids is 1. The van der Waals surface area contributed by atoms with E-state index in [0.717, 1.165) is 35.7 Å². The van der Waals surface area contributed by atoms with E-state index in [1.807, 2.05) is 31.2 Å². The topological polar surface area (TPSA) is 84.2 Å². The molecule has 1 fully saturated rings. The van der Waals surface area contributed by atoms with Gasteiger partial charge in [-0.15, -0.1) is 10.2 Å². The van der Waals surface area contributed by atoms with Crippen LogP contribution in [0.15, 0.2) is 47.2 Å². The Hall–Kier alpha value is -3.22. The molecule has 4 rings (SSSR count). The third-order valence-electron chi connectivity index (χ3n) is 4.47. The molecule has 3 aromatic rings. The highest BCUT2D eigenvalue weighted by atomic mass is 16.3. The number of hydrogen-bond donors (Lipinski definition) is 1. The van der Waals surface area contributed by atoms with Crippen molar-refractivity contribution >= 4 is 17.4 Å². The molecule has 0 aliphatic carbocycles. The minimum atomic E-state index is -0.280. The van der Waals surface area contributed by atoms with Gasteiger partial charge in [0.05, 0.1) is 6.20 Å². The summed E-state index contributed by atoms with van der Waals surface area (Å²) in [6.07, 6.45) is 5.48. The van der Waals surface area contributed by atoms with Gasteiger partial charge in [0.25, 0.3) is 5.91 Å². The van der Waals surface area contributed by atoms with E-state index < -0.39 is 0 Å². The van der Waals surface area contributed by atoms with Gasteiger partial charge in [-0.05, 0) is 55.7 Å². The Morgan fingerprint density at radius 3 is 2.65 bits per heavy atom. The molecule has 0 atom stereocenters. The van der Waals surface area contributed by atoms with E-state index in [2.05, 4.69) is 25.4 Å². The van der Waals surface area contributed by atoms with Crippen molar-refractivity contribution in [3.63, 3.8) is 0 Å². The first-order valence-corrected chi connectivity index (χ1v) is 8.61. The van der Waals surface area contributed by atoms with Gasteiger partial charge in [-0.3, -0.25) is 4.79 Å². The van der Waals surface area contributed by atoms with Crippen LogP contribution in [0.4, 0.5) is 11.5 Å². The molecule has 132 valence electrons. The van der Waals surface area contributed by atoms with Crippen molar-refractivity contribution in [3.8, 4) is 11.5 Å². The highest BCUT2D eigenvalue weighted by molar-refractivity contribution is 6.03. The van der Waals surface area contributed by atoms with Crippen LogP contribution in [0, 0.1) is 6.92 Å². The monoisotopic (exact) mass is 349 g/mol. The largest absolute Gasteiger partial charge is 0.445 e. The maximum Gasteiger partial charge on any atom is 0.276 e. The molecule has 0 radical (unpaired) electrons. The van der Waals surface area contributed by atoms with E-state index >= 15 is 0 Å². The maximum absolute atomic E-state index is 12.5. The Kier molecular flexibility index (Phi) is 4.35. The third-order valence-corrected chi connectivity index (χ3v) is 4.47. The van der Waals surface area contributed by atoms with Gasteiger partial charge < -0.3 is 14.6 Å². The summed E-state index contributed by atoms with van der Waals surface area (Å²) >= 11 is 0. The van der Waals surface area contributed by atoms with Crippen molar-refractivity contribution in [2.75, 3.05) is 23.3 Å². The molecule has 0 spiro atoms. The second-order valence-electron chi connectivity index (χ2n) is 6.29. The quantitative estimate of drug-likeness (QED) is 0.778. The van der Waals surface area contributed by atoms with Crippen LogP contribution in [0.25, 0.3) is 11.5 Å². The number of amides is 1. The summed E-state index contributed by atoms with van der Waals surface area (Å²) in [6, 6.07) is 9.18. The van der Waals surface area contributed by atoms with E-state index in [-0.39, 0.29) is 5.91 Å². The SMILES string of the molecule is Cc1cc(-c2ncco2)ccc1NC(=O)c1ccc(N2CCCC2)nn1. The first-order chi connectivity index (χ1) is 12.7. The van der Waals surface area contributed by atoms with Gasteiger partial charge in [-0.2, -0.15) is 0 Å². The van der Waals surface area contributed by atoms with Crippen LogP contribution in [0.1, 0.15) is 28.9 Å². The summed E-state index contributed by atoms with van der Waals surface area (Å²) in [5.41, 5.74) is 2.79. The average Bonchev–Trinajstić information content (AvgIpc) is 3.37. The Morgan fingerprint density at radius 2 is 2.00 bits per heavy atom. The smallest absolute Gasteiger partial charge is 0.276 e. The van der Waals surface area contributed by atoms with Crippen molar-refractivity contribution < 1.29 is 9.21 Å². The Morgan fingerprint density at radius 1 is 1.15 bits per heavy atom. The number of aryl methyl sites for hydroxylation is 1. The highest BCUT2D eigenvalue weighted by Crippen LogP contribution is 2.24. The molecule has 1 aliphatic rings. The second-order valence-corrected chi connectivity index (χ2v) is 6.29. The molecule has 1 N–H and O–H groups in total. The molecular weight excluding hydrogens is 330 g/mol. The lowest BCUT2D eigenvalue weighted by Gasteiger charge is -2.15. The molecule has 1 aliphatic heterocycles. The molecule has 0 saturated carbocycles. The molecule has 2 aromatic heterocycles. The van der Waals surface area contributed by atoms with Gasteiger partial charge in [0.2, 0.25) is 5.89 Å². The van der Waals surface area contributed by atoms with Crippen LogP contribution in [-0.2, 0) is 0 Å². The van der Waals surface area contributed by atoms with Gasteiger partial charge in [-0.1, -0.05) is 0 Å². The lowest BCUT2D eigenvalue weighted by Crippen LogP contribution is -2.21. The zero-order chi connectivity index (χ0) is 17.9. The summed E-state index contributed by atoms with van der Waals surface area (Å²) < 4.78 is 5.30.